The van der Waals surface area contributed by atoms with Crippen LogP contribution in [-0.4, -0.2) is 65.0 Å². The lowest BCUT2D eigenvalue weighted by atomic mass is 9.89. The summed E-state index contributed by atoms with van der Waals surface area (Å²) in [7, 11) is -3.80. The topological polar surface area (TPSA) is 81.8 Å². The number of rotatable bonds is 14. The van der Waals surface area contributed by atoms with Crippen LogP contribution >= 0.6 is 0 Å². The molecule has 2 aliphatic rings. The molecule has 1 amide bonds. The number of nitrogens with one attached hydrogen (secondary N) is 2. The first-order valence-corrected chi connectivity index (χ1v) is 18.2. The molecule has 0 aromatic heterocycles. The molecular weight excluding hydrogens is 587 g/mol. The number of halogens is 1. The maximum atomic E-state index is 14.1. The van der Waals surface area contributed by atoms with Crippen LogP contribution in [0.1, 0.15) is 79.3 Å². The van der Waals surface area contributed by atoms with Crippen molar-refractivity contribution in [3.05, 3.63) is 89.2 Å². The van der Waals surface area contributed by atoms with Gasteiger partial charge in [-0.15, -0.1) is 0 Å². The van der Waals surface area contributed by atoms with Gasteiger partial charge in [-0.3, -0.25) is 4.79 Å². The van der Waals surface area contributed by atoms with Gasteiger partial charge in [0.25, 0.3) is 5.91 Å². The first-order chi connectivity index (χ1) is 21.8. The van der Waals surface area contributed by atoms with Crippen molar-refractivity contribution < 1.29 is 17.6 Å². The standard InChI is InChI=1S/C36H47FN4O3S/c1-2-3-7-18-39-36(42)32-25-35(45(43,44)27-28-10-5-4-6-11-28)34(26-33(32)38-19-24-40-20-8-9-21-40)41-22-16-30(17-23-41)29-12-14-31(37)15-13-29/h4-6,10-15,25-26,30,38H,2-3,7-9,16-24,27H2,1H3,(H,39,42). The van der Waals surface area contributed by atoms with Gasteiger partial charge in [0.2, 0.25) is 0 Å². The van der Waals surface area contributed by atoms with E-state index in [9.17, 15) is 17.6 Å². The van der Waals surface area contributed by atoms with Crippen molar-refractivity contribution in [2.24, 2.45) is 0 Å². The van der Waals surface area contributed by atoms with E-state index in [4.69, 9.17) is 0 Å². The van der Waals surface area contributed by atoms with E-state index in [0.29, 0.717) is 48.7 Å². The number of anilines is 2. The predicted octanol–water partition coefficient (Wildman–Crippen LogP) is 6.61. The van der Waals surface area contributed by atoms with Crippen LogP contribution in [0.2, 0.25) is 0 Å². The Hall–Kier alpha value is -3.43. The lowest BCUT2D eigenvalue weighted by Crippen LogP contribution is -2.34. The molecule has 45 heavy (non-hydrogen) atoms. The Balaban J connectivity index is 1.47. The molecular formula is C36H47FN4O3S. The van der Waals surface area contributed by atoms with E-state index in [1.54, 1.807) is 6.07 Å². The molecule has 2 saturated heterocycles. The fourth-order valence-corrected chi connectivity index (χ4v) is 8.08. The number of carbonyl (C=O) groups is 1. The Bertz CT molecular complexity index is 1500. The maximum absolute atomic E-state index is 14.1. The molecule has 0 bridgehead atoms. The van der Waals surface area contributed by atoms with E-state index in [0.717, 1.165) is 57.3 Å². The summed E-state index contributed by atoms with van der Waals surface area (Å²) in [6.07, 6.45) is 7.00. The monoisotopic (exact) mass is 634 g/mol. The molecule has 0 unspecified atom stereocenters. The number of unbranched alkanes of at least 4 members (excludes halogenated alkanes) is 2. The predicted molar refractivity (Wildman–Crippen MR) is 180 cm³/mol. The van der Waals surface area contributed by atoms with Crippen LogP contribution in [0.15, 0.2) is 71.6 Å². The van der Waals surface area contributed by atoms with Crippen molar-refractivity contribution in [2.75, 3.05) is 56.0 Å². The zero-order valence-electron chi connectivity index (χ0n) is 26.4. The number of likely N-dealkylation sites (tertiary alicyclic amines) is 1. The second kappa shape index (κ2) is 15.7. The van der Waals surface area contributed by atoms with Crippen molar-refractivity contribution in [2.45, 2.75) is 68.4 Å². The van der Waals surface area contributed by atoms with Crippen LogP contribution in [0.5, 0.6) is 0 Å². The highest BCUT2D eigenvalue weighted by Crippen LogP contribution is 2.38. The molecule has 0 radical (unpaired) electrons. The first kappa shape index (κ1) is 32.9. The third kappa shape index (κ3) is 8.85. The SMILES string of the molecule is CCCCCNC(=O)c1cc(S(=O)(=O)Cc2ccccc2)c(N2CCC(c3ccc(F)cc3)CC2)cc1NCCN1CCCC1. The first-order valence-electron chi connectivity index (χ1n) is 16.5. The van der Waals surface area contributed by atoms with Gasteiger partial charge < -0.3 is 20.4 Å². The molecule has 5 rings (SSSR count). The van der Waals surface area contributed by atoms with Crippen LogP contribution in [0, 0.1) is 5.82 Å². The number of nitrogens with zero attached hydrogens (tertiary/aromatic N) is 2. The molecule has 3 aromatic rings. The summed E-state index contributed by atoms with van der Waals surface area (Å²) in [4.78, 5) is 18.3. The fourth-order valence-electron chi connectivity index (χ4n) is 6.49. The third-order valence-corrected chi connectivity index (χ3v) is 10.8. The van der Waals surface area contributed by atoms with Gasteiger partial charge in [-0.1, -0.05) is 62.2 Å². The highest BCUT2D eigenvalue weighted by Gasteiger charge is 2.29. The van der Waals surface area contributed by atoms with Gasteiger partial charge in [0.1, 0.15) is 5.82 Å². The number of piperidine rings is 1. The van der Waals surface area contributed by atoms with Crippen LogP contribution in [0.4, 0.5) is 15.8 Å². The highest BCUT2D eigenvalue weighted by atomic mass is 32.2. The largest absolute Gasteiger partial charge is 0.383 e. The second-order valence-electron chi connectivity index (χ2n) is 12.4. The molecule has 0 aliphatic carbocycles. The number of hydrogen-bond donors (Lipinski definition) is 2. The maximum Gasteiger partial charge on any atom is 0.253 e. The Labute approximate surface area is 268 Å². The molecule has 2 aliphatic heterocycles. The van der Waals surface area contributed by atoms with E-state index in [1.165, 1.54) is 25.0 Å². The van der Waals surface area contributed by atoms with E-state index in [-0.39, 0.29) is 28.3 Å². The van der Waals surface area contributed by atoms with E-state index in [2.05, 4.69) is 27.4 Å². The Kier molecular flexibility index (Phi) is 11.5. The summed E-state index contributed by atoms with van der Waals surface area (Å²) in [6.45, 7) is 7.67. The van der Waals surface area contributed by atoms with E-state index < -0.39 is 9.84 Å². The van der Waals surface area contributed by atoms with Crippen molar-refractivity contribution in [3.8, 4) is 0 Å². The molecule has 2 heterocycles. The zero-order chi connectivity index (χ0) is 31.6. The number of carbonyl (C=O) groups excluding carboxylic acids is 1. The van der Waals surface area contributed by atoms with Gasteiger partial charge in [0.05, 0.1) is 21.9 Å². The summed E-state index contributed by atoms with van der Waals surface area (Å²) in [5.41, 5.74) is 3.47. The number of amides is 1. The Morgan fingerprint density at radius 2 is 1.62 bits per heavy atom. The van der Waals surface area contributed by atoms with Crippen LogP contribution in [0.3, 0.4) is 0 Å². The average molecular weight is 635 g/mol. The Morgan fingerprint density at radius 1 is 0.911 bits per heavy atom. The molecule has 242 valence electrons. The van der Waals surface area contributed by atoms with Crippen molar-refractivity contribution in [1.82, 2.24) is 10.2 Å². The van der Waals surface area contributed by atoms with Crippen molar-refractivity contribution in [1.29, 1.82) is 0 Å². The number of sulfone groups is 1. The van der Waals surface area contributed by atoms with Crippen LogP contribution in [-0.2, 0) is 15.6 Å². The summed E-state index contributed by atoms with van der Waals surface area (Å²) in [5.74, 6) is -0.375. The van der Waals surface area contributed by atoms with Gasteiger partial charge in [-0.05, 0) is 86.5 Å². The lowest BCUT2D eigenvalue weighted by Gasteiger charge is -2.35. The Morgan fingerprint density at radius 3 is 2.31 bits per heavy atom. The minimum atomic E-state index is -3.80. The third-order valence-electron chi connectivity index (χ3n) is 9.06. The summed E-state index contributed by atoms with van der Waals surface area (Å²) in [5, 5.41) is 6.55. The van der Waals surface area contributed by atoms with Crippen LogP contribution < -0.4 is 15.5 Å². The van der Waals surface area contributed by atoms with Gasteiger partial charge in [-0.25, -0.2) is 12.8 Å². The highest BCUT2D eigenvalue weighted by molar-refractivity contribution is 7.90. The van der Waals surface area contributed by atoms with Gasteiger partial charge >= 0.3 is 0 Å². The average Bonchev–Trinajstić information content (AvgIpc) is 3.57. The van der Waals surface area contributed by atoms with Gasteiger partial charge in [-0.2, -0.15) is 0 Å². The van der Waals surface area contributed by atoms with Gasteiger partial charge in [0.15, 0.2) is 9.84 Å². The summed E-state index contributed by atoms with van der Waals surface area (Å²) < 4.78 is 41.8. The minimum Gasteiger partial charge on any atom is -0.383 e. The molecule has 7 nitrogen and oxygen atoms in total. The van der Waals surface area contributed by atoms with Crippen molar-refractivity contribution >= 4 is 27.1 Å². The zero-order valence-corrected chi connectivity index (χ0v) is 27.3. The molecule has 0 saturated carbocycles. The molecule has 0 atom stereocenters. The summed E-state index contributed by atoms with van der Waals surface area (Å²) in [6, 6.07) is 19.4. The second-order valence-corrected chi connectivity index (χ2v) is 14.3. The smallest absolute Gasteiger partial charge is 0.253 e. The molecule has 2 fully saturated rings. The number of hydrogen-bond acceptors (Lipinski definition) is 6. The lowest BCUT2D eigenvalue weighted by molar-refractivity contribution is 0.0953. The molecule has 3 aromatic carbocycles. The minimum absolute atomic E-state index is 0.147. The number of benzene rings is 3. The van der Waals surface area contributed by atoms with Crippen molar-refractivity contribution in [3.63, 3.8) is 0 Å². The van der Waals surface area contributed by atoms with E-state index in [1.807, 2.05) is 48.5 Å². The fraction of sp³-hybridized carbons (Fsp3) is 0.472. The molecule has 9 heteroatoms. The normalized spacial score (nSPS) is 16.2. The van der Waals surface area contributed by atoms with E-state index >= 15 is 0 Å². The molecule has 0 spiro atoms. The van der Waals surface area contributed by atoms with Gasteiger partial charge in [0, 0.05) is 38.4 Å². The van der Waals surface area contributed by atoms with Crippen LogP contribution in [0.25, 0.3) is 0 Å². The quantitative estimate of drug-likeness (QED) is 0.194. The summed E-state index contributed by atoms with van der Waals surface area (Å²) >= 11 is 0. The molecule has 2 N–H and O–H groups in total.